The molecule has 3 N–H and O–H groups in total. The van der Waals surface area contributed by atoms with Crippen LogP contribution in [0.1, 0.15) is 33.3 Å². The largest absolute Gasteiger partial charge is 0.493 e. The van der Waals surface area contributed by atoms with Crippen LogP contribution in [-0.2, 0) is 11.2 Å². The van der Waals surface area contributed by atoms with Crippen molar-refractivity contribution in [2.45, 2.75) is 46.2 Å². The van der Waals surface area contributed by atoms with Crippen molar-refractivity contribution < 1.29 is 14.3 Å². The van der Waals surface area contributed by atoms with Crippen molar-refractivity contribution in [2.75, 3.05) is 14.2 Å². The van der Waals surface area contributed by atoms with Crippen LogP contribution >= 0.6 is 12.4 Å². The topological polar surface area (TPSA) is 73.6 Å². The summed E-state index contributed by atoms with van der Waals surface area (Å²) < 4.78 is 10.5. The molecule has 0 aliphatic heterocycles. The van der Waals surface area contributed by atoms with Gasteiger partial charge in [0.05, 0.1) is 20.3 Å². The summed E-state index contributed by atoms with van der Waals surface area (Å²) in [6.07, 6.45) is 0.697. The number of amides is 1. The first-order valence-electron chi connectivity index (χ1n) is 7.46. The molecule has 0 radical (unpaired) electrons. The van der Waals surface area contributed by atoms with Crippen molar-refractivity contribution in [3.63, 3.8) is 0 Å². The van der Waals surface area contributed by atoms with Gasteiger partial charge in [0.2, 0.25) is 5.91 Å². The second kappa shape index (κ2) is 8.99. The number of ether oxygens (including phenoxy) is 2. The molecule has 1 aromatic rings. The van der Waals surface area contributed by atoms with Crippen LogP contribution in [0.4, 0.5) is 0 Å². The molecular weight excluding hydrogens is 316 g/mol. The van der Waals surface area contributed by atoms with Gasteiger partial charge in [-0.15, -0.1) is 12.4 Å². The van der Waals surface area contributed by atoms with E-state index < -0.39 is 6.04 Å². The van der Waals surface area contributed by atoms with E-state index >= 15 is 0 Å². The molecule has 0 heterocycles. The smallest absolute Gasteiger partial charge is 0.237 e. The summed E-state index contributed by atoms with van der Waals surface area (Å²) in [5.74, 6) is 1.25. The molecule has 0 saturated carbocycles. The Labute approximate surface area is 145 Å². The Morgan fingerprint density at radius 1 is 1.22 bits per heavy atom. The van der Waals surface area contributed by atoms with E-state index in [-0.39, 0.29) is 29.8 Å². The van der Waals surface area contributed by atoms with Gasteiger partial charge in [-0.2, -0.15) is 0 Å². The lowest BCUT2D eigenvalue weighted by atomic mass is 9.87. The summed E-state index contributed by atoms with van der Waals surface area (Å²) in [4.78, 5) is 12.1. The highest BCUT2D eigenvalue weighted by Gasteiger charge is 2.28. The van der Waals surface area contributed by atoms with Crippen LogP contribution < -0.4 is 20.5 Å². The van der Waals surface area contributed by atoms with E-state index in [2.05, 4.69) is 5.32 Å². The molecule has 0 aliphatic rings. The maximum absolute atomic E-state index is 12.1. The predicted octanol–water partition coefficient (Wildman–Crippen LogP) is 2.55. The molecule has 0 bridgehead atoms. The second-order valence-corrected chi connectivity index (χ2v) is 6.65. The third kappa shape index (κ3) is 6.28. The molecule has 1 amide bonds. The number of nitrogens with one attached hydrogen (secondary N) is 1. The van der Waals surface area contributed by atoms with Crippen LogP contribution in [0.3, 0.4) is 0 Å². The van der Waals surface area contributed by atoms with Crippen molar-refractivity contribution in [3.8, 4) is 11.5 Å². The monoisotopic (exact) mass is 344 g/mol. The molecule has 0 saturated heterocycles. The predicted molar refractivity (Wildman–Crippen MR) is 95.5 cm³/mol. The number of nitrogens with two attached hydrogens (primary N) is 1. The van der Waals surface area contributed by atoms with E-state index in [1.165, 1.54) is 0 Å². The van der Waals surface area contributed by atoms with Gasteiger partial charge in [0, 0.05) is 6.04 Å². The number of rotatable bonds is 6. The number of carbonyl (C=O) groups excluding carboxylic acids is 1. The van der Waals surface area contributed by atoms with Crippen LogP contribution in [0, 0.1) is 5.41 Å². The van der Waals surface area contributed by atoms with Crippen molar-refractivity contribution in [3.05, 3.63) is 23.8 Å². The lowest BCUT2D eigenvalue weighted by Gasteiger charge is -2.27. The van der Waals surface area contributed by atoms with E-state index in [1.54, 1.807) is 14.2 Å². The molecule has 1 unspecified atom stereocenters. The number of carbonyl (C=O) groups is 1. The fraction of sp³-hybridized carbons (Fsp3) is 0.588. The van der Waals surface area contributed by atoms with Crippen LogP contribution in [0.5, 0.6) is 11.5 Å². The highest BCUT2D eigenvalue weighted by molar-refractivity contribution is 5.85. The number of hydrogen-bond acceptors (Lipinski definition) is 4. The van der Waals surface area contributed by atoms with Gasteiger partial charge in [-0.1, -0.05) is 26.8 Å². The number of halogens is 1. The molecule has 1 rings (SSSR count). The molecule has 0 fully saturated rings. The zero-order valence-corrected chi connectivity index (χ0v) is 15.6. The first-order valence-corrected chi connectivity index (χ1v) is 7.46. The fourth-order valence-electron chi connectivity index (χ4n) is 2.14. The van der Waals surface area contributed by atoms with E-state index in [1.807, 2.05) is 45.9 Å². The summed E-state index contributed by atoms with van der Waals surface area (Å²) in [6.45, 7) is 7.83. The van der Waals surface area contributed by atoms with Gasteiger partial charge >= 0.3 is 0 Å². The van der Waals surface area contributed by atoms with E-state index in [9.17, 15) is 4.79 Å². The zero-order valence-electron chi connectivity index (χ0n) is 14.8. The standard InChI is InChI=1S/C17H28N2O3.ClH/c1-11(19-16(20)15(18)17(2,3)4)9-12-7-8-13(21-5)14(10-12)22-6;/h7-8,10-11,15H,9,18H2,1-6H3,(H,19,20);1H/t11?,15-;/m1./s1. The maximum atomic E-state index is 12.1. The Morgan fingerprint density at radius 2 is 1.78 bits per heavy atom. The van der Waals surface area contributed by atoms with Gasteiger partial charge in [-0.25, -0.2) is 0 Å². The lowest BCUT2D eigenvalue weighted by molar-refractivity contribution is -0.125. The molecule has 0 spiro atoms. The Hall–Kier alpha value is -1.46. The molecule has 0 aliphatic carbocycles. The first kappa shape index (κ1) is 21.5. The average molecular weight is 345 g/mol. The van der Waals surface area contributed by atoms with Crippen molar-refractivity contribution in [1.29, 1.82) is 0 Å². The van der Waals surface area contributed by atoms with Crippen LogP contribution in [0.2, 0.25) is 0 Å². The van der Waals surface area contributed by atoms with Gasteiger partial charge in [-0.3, -0.25) is 4.79 Å². The highest BCUT2D eigenvalue weighted by atomic mass is 35.5. The second-order valence-electron chi connectivity index (χ2n) is 6.65. The van der Waals surface area contributed by atoms with Gasteiger partial charge < -0.3 is 20.5 Å². The van der Waals surface area contributed by atoms with Crippen LogP contribution in [0.15, 0.2) is 18.2 Å². The Kier molecular flexibility index (Phi) is 8.42. The minimum atomic E-state index is -0.527. The van der Waals surface area contributed by atoms with Gasteiger partial charge in [0.15, 0.2) is 11.5 Å². The normalized spacial score (nSPS) is 13.5. The lowest BCUT2D eigenvalue weighted by Crippen LogP contribution is -2.51. The molecule has 1 aromatic carbocycles. The van der Waals surface area contributed by atoms with Crippen molar-refractivity contribution >= 4 is 18.3 Å². The quantitative estimate of drug-likeness (QED) is 0.831. The molecule has 5 nitrogen and oxygen atoms in total. The molecule has 0 aromatic heterocycles. The average Bonchev–Trinajstić information content (AvgIpc) is 2.44. The summed E-state index contributed by atoms with van der Waals surface area (Å²) >= 11 is 0. The fourth-order valence-corrected chi connectivity index (χ4v) is 2.14. The van der Waals surface area contributed by atoms with Crippen molar-refractivity contribution in [1.82, 2.24) is 5.32 Å². The Balaban J connectivity index is 0.00000484. The Bertz CT molecular complexity index is 515. The first-order chi connectivity index (χ1) is 10.2. The molecule has 6 heteroatoms. The molecule has 2 atom stereocenters. The number of benzene rings is 1. The summed E-state index contributed by atoms with van der Waals surface area (Å²) in [5, 5.41) is 2.96. The third-order valence-electron chi connectivity index (χ3n) is 3.59. The molecule has 132 valence electrons. The summed E-state index contributed by atoms with van der Waals surface area (Å²) in [6, 6.07) is 5.21. The summed E-state index contributed by atoms with van der Waals surface area (Å²) in [5.41, 5.74) is 6.78. The van der Waals surface area contributed by atoms with Crippen molar-refractivity contribution in [2.24, 2.45) is 11.1 Å². The third-order valence-corrected chi connectivity index (χ3v) is 3.59. The van der Waals surface area contributed by atoms with Gasteiger partial charge in [0.25, 0.3) is 0 Å². The van der Waals surface area contributed by atoms with E-state index in [4.69, 9.17) is 15.2 Å². The number of methoxy groups -OCH3 is 2. The highest BCUT2D eigenvalue weighted by Crippen LogP contribution is 2.28. The van der Waals surface area contributed by atoms with E-state index in [0.717, 1.165) is 5.56 Å². The van der Waals surface area contributed by atoms with Crippen LogP contribution in [-0.4, -0.2) is 32.2 Å². The van der Waals surface area contributed by atoms with E-state index in [0.29, 0.717) is 17.9 Å². The SMILES string of the molecule is COc1ccc(CC(C)NC(=O)[C@@H](N)C(C)(C)C)cc1OC.Cl. The minimum absolute atomic E-state index is 0. The molecule has 23 heavy (non-hydrogen) atoms. The zero-order chi connectivity index (χ0) is 16.9. The number of hydrogen-bond donors (Lipinski definition) is 2. The van der Waals surface area contributed by atoms with Crippen LogP contribution in [0.25, 0.3) is 0 Å². The molecular formula is C17H29ClN2O3. The summed E-state index contributed by atoms with van der Waals surface area (Å²) in [7, 11) is 3.21. The van der Waals surface area contributed by atoms with Gasteiger partial charge in [-0.05, 0) is 36.5 Å². The minimum Gasteiger partial charge on any atom is -0.493 e. The van der Waals surface area contributed by atoms with Gasteiger partial charge in [0.1, 0.15) is 0 Å². The Morgan fingerprint density at radius 3 is 2.26 bits per heavy atom. The maximum Gasteiger partial charge on any atom is 0.237 e.